The van der Waals surface area contributed by atoms with E-state index >= 15 is 0 Å². The molecule has 2 amide bonds. The van der Waals surface area contributed by atoms with Crippen LogP contribution in [0.1, 0.15) is 28.8 Å². The second-order valence-corrected chi connectivity index (χ2v) is 9.43. The standard InChI is InChI=1S/C25H30FN3O3S/c1-32-22-9-8-19(16-21(22)26)17-27-12-14-29(15-13-27)25(31)20-6-2-3-7-23(20)33-18-24(30)28-10-4-5-11-28/h2-3,6-9,16H,4-5,10-15,17-18H2,1H3. The molecule has 8 heteroatoms. The summed E-state index contributed by atoms with van der Waals surface area (Å²) in [4.78, 5) is 32.5. The number of methoxy groups -OCH3 is 1. The quantitative estimate of drug-likeness (QED) is 0.579. The first-order valence-corrected chi connectivity index (χ1v) is 12.4. The van der Waals surface area contributed by atoms with Crippen LogP contribution in [0.2, 0.25) is 0 Å². The molecule has 0 unspecified atom stereocenters. The molecule has 2 saturated heterocycles. The van der Waals surface area contributed by atoms with Gasteiger partial charge in [0.25, 0.3) is 5.91 Å². The first-order chi connectivity index (χ1) is 16.0. The van der Waals surface area contributed by atoms with Crippen molar-refractivity contribution in [3.8, 4) is 5.75 Å². The van der Waals surface area contributed by atoms with Crippen LogP contribution in [0.15, 0.2) is 47.4 Å². The number of likely N-dealkylation sites (tertiary alicyclic amines) is 1. The van der Waals surface area contributed by atoms with Gasteiger partial charge in [0.2, 0.25) is 5.91 Å². The molecule has 4 rings (SSSR count). The molecule has 0 radical (unpaired) electrons. The van der Waals surface area contributed by atoms with Gasteiger partial charge in [0.1, 0.15) is 0 Å². The van der Waals surface area contributed by atoms with Crippen LogP contribution in [0.25, 0.3) is 0 Å². The molecule has 0 saturated carbocycles. The summed E-state index contributed by atoms with van der Waals surface area (Å²) < 4.78 is 19.0. The van der Waals surface area contributed by atoms with E-state index in [1.165, 1.54) is 24.9 Å². The topological polar surface area (TPSA) is 53.1 Å². The Bertz CT molecular complexity index is 989. The van der Waals surface area contributed by atoms with Gasteiger partial charge < -0.3 is 14.5 Å². The van der Waals surface area contributed by atoms with Crippen molar-refractivity contribution in [3.05, 3.63) is 59.4 Å². The zero-order chi connectivity index (χ0) is 23.2. The van der Waals surface area contributed by atoms with Crippen molar-refractivity contribution in [2.75, 3.05) is 52.1 Å². The average Bonchev–Trinajstić information content (AvgIpc) is 3.38. The van der Waals surface area contributed by atoms with E-state index in [-0.39, 0.29) is 23.4 Å². The molecule has 2 aliphatic heterocycles. The third-order valence-electron chi connectivity index (χ3n) is 6.21. The lowest BCUT2D eigenvalue weighted by Crippen LogP contribution is -2.48. The molecule has 0 atom stereocenters. The highest BCUT2D eigenvalue weighted by Gasteiger charge is 2.25. The van der Waals surface area contributed by atoms with Gasteiger partial charge in [-0.15, -0.1) is 11.8 Å². The number of carbonyl (C=O) groups excluding carboxylic acids is 2. The molecule has 176 valence electrons. The van der Waals surface area contributed by atoms with Gasteiger partial charge in [-0.2, -0.15) is 0 Å². The van der Waals surface area contributed by atoms with Gasteiger partial charge in [-0.1, -0.05) is 18.2 Å². The molecule has 33 heavy (non-hydrogen) atoms. The second kappa shape index (κ2) is 11.0. The van der Waals surface area contributed by atoms with Gasteiger partial charge in [0.05, 0.1) is 18.4 Å². The van der Waals surface area contributed by atoms with Gasteiger partial charge in [0, 0.05) is 50.7 Å². The van der Waals surface area contributed by atoms with E-state index < -0.39 is 0 Å². The number of benzene rings is 2. The fourth-order valence-corrected chi connectivity index (χ4v) is 5.26. The number of nitrogens with zero attached hydrogens (tertiary/aromatic N) is 3. The Morgan fingerprint density at radius 1 is 0.970 bits per heavy atom. The van der Waals surface area contributed by atoms with E-state index in [0.29, 0.717) is 31.0 Å². The molecule has 2 aliphatic rings. The second-order valence-electron chi connectivity index (χ2n) is 8.41. The predicted molar refractivity (Wildman–Crippen MR) is 127 cm³/mol. The molecule has 2 aromatic rings. The monoisotopic (exact) mass is 471 g/mol. The minimum absolute atomic E-state index is 0.00173. The summed E-state index contributed by atoms with van der Waals surface area (Å²) in [6.07, 6.45) is 2.15. The zero-order valence-electron chi connectivity index (χ0n) is 19.0. The van der Waals surface area contributed by atoms with Crippen molar-refractivity contribution in [3.63, 3.8) is 0 Å². The number of carbonyl (C=O) groups is 2. The molecule has 2 aromatic carbocycles. The Labute approximate surface area is 198 Å². The number of thioether (sulfide) groups is 1. The van der Waals surface area contributed by atoms with Crippen molar-refractivity contribution in [2.45, 2.75) is 24.3 Å². The van der Waals surface area contributed by atoms with Crippen molar-refractivity contribution >= 4 is 23.6 Å². The molecular formula is C25H30FN3O3S. The lowest BCUT2D eigenvalue weighted by molar-refractivity contribution is -0.127. The van der Waals surface area contributed by atoms with Crippen LogP contribution in [0, 0.1) is 5.82 Å². The van der Waals surface area contributed by atoms with Crippen LogP contribution in [-0.4, -0.2) is 78.6 Å². The fourth-order valence-electron chi connectivity index (χ4n) is 4.31. The maximum atomic E-state index is 14.0. The highest BCUT2D eigenvalue weighted by atomic mass is 32.2. The number of piperazine rings is 1. The van der Waals surface area contributed by atoms with Crippen LogP contribution in [0.3, 0.4) is 0 Å². The highest BCUT2D eigenvalue weighted by molar-refractivity contribution is 8.00. The first kappa shape index (κ1) is 23.6. The number of rotatable bonds is 7. The van der Waals surface area contributed by atoms with Gasteiger partial charge in [-0.3, -0.25) is 14.5 Å². The fraction of sp³-hybridized carbons (Fsp3) is 0.440. The Morgan fingerprint density at radius 2 is 1.70 bits per heavy atom. The van der Waals surface area contributed by atoms with Crippen LogP contribution < -0.4 is 4.74 Å². The summed E-state index contributed by atoms with van der Waals surface area (Å²) in [5, 5.41) is 0. The van der Waals surface area contributed by atoms with Gasteiger partial charge in [0.15, 0.2) is 11.6 Å². The van der Waals surface area contributed by atoms with E-state index in [2.05, 4.69) is 4.90 Å². The number of hydrogen-bond donors (Lipinski definition) is 0. The number of ether oxygens (including phenoxy) is 1. The summed E-state index contributed by atoms with van der Waals surface area (Å²) in [6.45, 7) is 4.99. The van der Waals surface area contributed by atoms with Crippen molar-refractivity contribution < 1.29 is 18.7 Å². The summed E-state index contributed by atoms with van der Waals surface area (Å²) in [5.74, 6) is 0.385. The molecular weight excluding hydrogens is 441 g/mol. The van der Waals surface area contributed by atoms with E-state index in [1.807, 2.05) is 40.1 Å². The molecule has 0 N–H and O–H groups in total. The van der Waals surface area contributed by atoms with E-state index in [1.54, 1.807) is 6.07 Å². The van der Waals surface area contributed by atoms with Crippen molar-refractivity contribution in [1.29, 1.82) is 0 Å². The third-order valence-corrected chi connectivity index (χ3v) is 7.27. The minimum atomic E-state index is -0.360. The Morgan fingerprint density at radius 3 is 2.39 bits per heavy atom. The Balaban J connectivity index is 1.32. The summed E-state index contributed by atoms with van der Waals surface area (Å²) in [6, 6.07) is 12.6. The maximum absolute atomic E-state index is 14.0. The SMILES string of the molecule is COc1ccc(CN2CCN(C(=O)c3ccccc3SCC(=O)N3CCCC3)CC2)cc1F. The third kappa shape index (κ3) is 5.86. The molecule has 0 bridgehead atoms. The number of halogens is 1. The van der Waals surface area contributed by atoms with Crippen LogP contribution in [0.5, 0.6) is 5.75 Å². The van der Waals surface area contributed by atoms with E-state index in [4.69, 9.17) is 4.74 Å². The molecule has 2 fully saturated rings. The molecule has 0 spiro atoms. The van der Waals surface area contributed by atoms with Gasteiger partial charge >= 0.3 is 0 Å². The molecule has 0 aromatic heterocycles. The number of hydrogen-bond acceptors (Lipinski definition) is 5. The van der Waals surface area contributed by atoms with Crippen LogP contribution in [0.4, 0.5) is 4.39 Å². The normalized spacial score (nSPS) is 16.8. The maximum Gasteiger partial charge on any atom is 0.255 e. The van der Waals surface area contributed by atoms with Crippen LogP contribution in [-0.2, 0) is 11.3 Å². The van der Waals surface area contributed by atoms with E-state index in [0.717, 1.165) is 49.5 Å². The Kier molecular flexibility index (Phi) is 7.88. The smallest absolute Gasteiger partial charge is 0.255 e. The minimum Gasteiger partial charge on any atom is -0.494 e. The number of amides is 2. The van der Waals surface area contributed by atoms with E-state index in [9.17, 15) is 14.0 Å². The molecule has 6 nitrogen and oxygen atoms in total. The largest absolute Gasteiger partial charge is 0.494 e. The first-order valence-electron chi connectivity index (χ1n) is 11.4. The summed E-state index contributed by atoms with van der Waals surface area (Å²) in [7, 11) is 1.45. The van der Waals surface area contributed by atoms with Crippen molar-refractivity contribution in [2.24, 2.45) is 0 Å². The molecule has 2 heterocycles. The van der Waals surface area contributed by atoms with Gasteiger partial charge in [-0.25, -0.2) is 4.39 Å². The Hall–Kier alpha value is -2.58. The lowest BCUT2D eigenvalue weighted by atomic mass is 10.1. The highest BCUT2D eigenvalue weighted by Crippen LogP contribution is 2.26. The van der Waals surface area contributed by atoms with Crippen molar-refractivity contribution in [1.82, 2.24) is 14.7 Å². The van der Waals surface area contributed by atoms with Gasteiger partial charge in [-0.05, 0) is 42.7 Å². The molecule has 0 aliphatic carbocycles. The zero-order valence-corrected chi connectivity index (χ0v) is 19.8. The predicted octanol–water partition coefficient (Wildman–Crippen LogP) is 3.51. The lowest BCUT2D eigenvalue weighted by Gasteiger charge is -2.35. The average molecular weight is 472 g/mol. The summed E-state index contributed by atoms with van der Waals surface area (Å²) in [5.41, 5.74) is 1.54. The summed E-state index contributed by atoms with van der Waals surface area (Å²) >= 11 is 1.45. The van der Waals surface area contributed by atoms with Crippen LogP contribution >= 0.6 is 11.8 Å².